The van der Waals surface area contributed by atoms with Gasteiger partial charge in [0.25, 0.3) is 0 Å². The van der Waals surface area contributed by atoms with Crippen molar-refractivity contribution >= 4 is 34.5 Å². The van der Waals surface area contributed by atoms with Crippen LogP contribution in [-0.2, 0) is 0 Å². The summed E-state index contributed by atoms with van der Waals surface area (Å²) in [5, 5.41) is 10.5. The van der Waals surface area contributed by atoms with Gasteiger partial charge in [0.1, 0.15) is 12.1 Å². The minimum Gasteiger partial charge on any atom is -0.465 e. The zero-order chi connectivity index (χ0) is 28.3. The molecule has 5 rings (SSSR count). The van der Waals surface area contributed by atoms with Crippen molar-refractivity contribution in [3.8, 4) is 16.9 Å². The SMILES string of the molecule is CC1N(c2ncnc3c2c(-c2ccccn2)cn3-c2cccc(Cl)c2)C(F)C(F)N(C(=O)O)C1(F)C(C)(C)C. The standard InChI is InChI=1S/C27H26ClF3N6O2/c1-15-27(31,26(2,3)4)37(25(38)39)22(30)21(29)36(15)24-20-18(19-10-5-6-11-32-19)13-35(23(20)33-14-34-24)17-9-7-8-16(28)12-17/h5-15,21-22H,1-4H3,(H,38,39). The van der Waals surface area contributed by atoms with Gasteiger partial charge in [0.15, 0.2) is 5.65 Å². The number of pyridine rings is 1. The van der Waals surface area contributed by atoms with Crippen molar-refractivity contribution < 1.29 is 23.1 Å². The number of halogens is 4. The van der Waals surface area contributed by atoms with E-state index >= 15 is 13.2 Å². The van der Waals surface area contributed by atoms with E-state index in [0.717, 1.165) is 4.90 Å². The van der Waals surface area contributed by atoms with Crippen molar-refractivity contribution in [3.05, 3.63) is 66.2 Å². The topological polar surface area (TPSA) is 87.4 Å². The molecule has 3 aromatic heterocycles. The number of benzene rings is 1. The molecule has 39 heavy (non-hydrogen) atoms. The molecule has 0 saturated carbocycles. The minimum absolute atomic E-state index is 0.0615. The maximum Gasteiger partial charge on any atom is 0.412 e. The monoisotopic (exact) mass is 558 g/mol. The molecule has 4 aromatic rings. The normalized spacial score (nSPS) is 23.8. The van der Waals surface area contributed by atoms with Crippen LogP contribution in [-0.4, -0.2) is 60.0 Å². The second-order valence-electron chi connectivity index (χ2n) is 10.4. The van der Waals surface area contributed by atoms with Crippen molar-refractivity contribution in [2.24, 2.45) is 5.41 Å². The Morgan fingerprint density at radius 3 is 2.44 bits per heavy atom. The van der Waals surface area contributed by atoms with Crippen LogP contribution >= 0.6 is 11.6 Å². The zero-order valence-electron chi connectivity index (χ0n) is 21.6. The molecule has 1 N–H and O–H groups in total. The molecule has 0 radical (unpaired) electrons. The Kier molecular flexibility index (Phi) is 6.45. The number of carbonyl (C=O) groups is 1. The second kappa shape index (κ2) is 9.41. The Bertz CT molecular complexity index is 1550. The molecule has 12 heteroatoms. The zero-order valence-corrected chi connectivity index (χ0v) is 22.3. The first-order valence-corrected chi connectivity index (χ1v) is 12.6. The van der Waals surface area contributed by atoms with E-state index in [1.54, 1.807) is 59.4 Å². The molecule has 0 spiro atoms. The summed E-state index contributed by atoms with van der Waals surface area (Å²) in [6.45, 7) is 5.64. The van der Waals surface area contributed by atoms with Gasteiger partial charge in [-0.1, -0.05) is 44.5 Å². The van der Waals surface area contributed by atoms with Crippen LogP contribution in [0.5, 0.6) is 0 Å². The number of aromatic nitrogens is 4. The van der Waals surface area contributed by atoms with Crippen molar-refractivity contribution in [2.75, 3.05) is 4.90 Å². The summed E-state index contributed by atoms with van der Waals surface area (Å²) in [6.07, 6.45) is -2.82. The van der Waals surface area contributed by atoms with Crippen LogP contribution in [0, 0.1) is 5.41 Å². The Hall–Kier alpha value is -3.86. The van der Waals surface area contributed by atoms with Gasteiger partial charge in [0.2, 0.25) is 18.4 Å². The number of hydrogen-bond donors (Lipinski definition) is 1. The van der Waals surface area contributed by atoms with E-state index in [0.29, 0.717) is 27.6 Å². The predicted molar refractivity (Wildman–Crippen MR) is 142 cm³/mol. The Labute approximate surface area is 227 Å². The number of alkyl halides is 3. The van der Waals surface area contributed by atoms with E-state index in [9.17, 15) is 9.90 Å². The highest BCUT2D eigenvalue weighted by atomic mass is 35.5. The third kappa shape index (κ3) is 4.07. The first kappa shape index (κ1) is 26.7. The molecule has 1 aliphatic rings. The molecule has 0 aliphatic carbocycles. The highest BCUT2D eigenvalue weighted by Crippen LogP contribution is 2.50. The van der Waals surface area contributed by atoms with Crippen LogP contribution in [0.15, 0.2) is 61.2 Å². The van der Waals surface area contributed by atoms with E-state index in [1.165, 1.54) is 34.0 Å². The lowest BCUT2D eigenvalue weighted by atomic mass is 9.77. The number of hydrogen-bond acceptors (Lipinski definition) is 5. The Balaban J connectivity index is 1.81. The highest BCUT2D eigenvalue weighted by molar-refractivity contribution is 6.30. The Morgan fingerprint density at radius 1 is 1.08 bits per heavy atom. The van der Waals surface area contributed by atoms with Crippen LogP contribution in [0.25, 0.3) is 28.0 Å². The number of carboxylic acid groups (broad SMARTS) is 1. The second-order valence-corrected chi connectivity index (χ2v) is 10.8. The molecule has 4 unspecified atom stereocenters. The summed E-state index contributed by atoms with van der Waals surface area (Å²) < 4.78 is 50.1. The van der Waals surface area contributed by atoms with Crippen LogP contribution in [0.1, 0.15) is 27.7 Å². The van der Waals surface area contributed by atoms with Crippen molar-refractivity contribution in [2.45, 2.75) is 52.1 Å². The number of fused-ring (bicyclic) bond motifs is 1. The van der Waals surface area contributed by atoms with Gasteiger partial charge in [-0.15, -0.1) is 0 Å². The third-order valence-corrected chi connectivity index (χ3v) is 7.39. The smallest absolute Gasteiger partial charge is 0.412 e. The van der Waals surface area contributed by atoms with E-state index < -0.39 is 35.9 Å². The molecule has 1 saturated heterocycles. The van der Waals surface area contributed by atoms with Crippen LogP contribution in [0.3, 0.4) is 0 Å². The fourth-order valence-electron chi connectivity index (χ4n) is 5.35. The maximum absolute atomic E-state index is 16.9. The number of amides is 1. The number of nitrogens with zero attached hydrogens (tertiary/aromatic N) is 6. The average molecular weight is 559 g/mol. The van der Waals surface area contributed by atoms with Crippen LogP contribution < -0.4 is 4.90 Å². The van der Waals surface area contributed by atoms with Crippen LogP contribution in [0.2, 0.25) is 5.02 Å². The quantitative estimate of drug-likeness (QED) is 0.284. The number of piperazine rings is 1. The number of anilines is 1. The average Bonchev–Trinajstić information content (AvgIpc) is 3.28. The molecule has 1 amide bonds. The van der Waals surface area contributed by atoms with Crippen LogP contribution in [0.4, 0.5) is 23.8 Å². The Morgan fingerprint density at radius 2 is 1.82 bits per heavy atom. The summed E-state index contributed by atoms with van der Waals surface area (Å²) >= 11 is 6.24. The minimum atomic E-state index is -2.83. The predicted octanol–water partition coefficient (Wildman–Crippen LogP) is 6.63. The molecule has 4 heterocycles. The van der Waals surface area contributed by atoms with Gasteiger partial charge in [-0.3, -0.25) is 4.98 Å². The van der Waals surface area contributed by atoms with Crippen molar-refractivity contribution in [3.63, 3.8) is 0 Å². The summed E-state index contributed by atoms with van der Waals surface area (Å²) in [5.74, 6) is -2.93. The van der Waals surface area contributed by atoms with Gasteiger partial charge < -0.3 is 14.6 Å². The van der Waals surface area contributed by atoms with E-state index in [2.05, 4.69) is 15.0 Å². The molecular weight excluding hydrogens is 533 g/mol. The van der Waals surface area contributed by atoms with Gasteiger partial charge in [-0.05, 0) is 37.3 Å². The molecule has 204 valence electrons. The lowest BCUT2D eigenvalue weighted by molar-refractivity contribution is -0.193. The summed E-state index contributed by atoms with van der Waals surface area (Å²) in [5.41, 5.74) is 0.495. The number of rotatable bonds is 3. The molecule has 1 aliphatic heterocycles. The van der Waals surface area contributed by atoms with Gasteiger partial charge in [-0.2, -0.15) is 0 Å². The van der Waals surface area contributed by atoms with E-state index in [1.807, 2.05) is 0 Å². The molecular formula is C27H26ClF3N6O2. The molecule has 1 fully saturated rings. The highest BCUT2D eigenvalue weighted by Gasteiger charge is 2.65. The first-order chi connectivity index (χ1) is 18.4. The van der Waals surface area contributed by atoms with Gasteiger partial charge in [0.05, 0.1) is 17.1 Å². The van der Waals surface area contributed by atoms with Crippen molar-refractivity contribution in [1.82, 2.24) is 24.4 Å². The summed E-state index contributed by atoms with van der Waals surface area (Å²) in [7, 11) is 0. The van der Waals surface area contributed by atoms with Gasteiger partial charge in [0, 0.05) is 34.1 Å². The largest absolute Gasteiger partial charge is 0.465 e. The van der Waals surface area contributed by atoms with E-state index in [-0.39, 0.29) is 16.1 Å². The summed E-state index contributed by atoms with van der Waals surface area (Å²) in [4.78, 5) is 26.0. The maximum atomic E-state index is 16.9. The lowest BCUT2D eigenvalue weighted by Gasteiger charge is -2.57. The molecule has 8 nitrogen and oxygen atoms in total. The van der Waals surface area contributed by atoms with E-state index in [4.69, 9.17) is 11.6 Å². The molecule has 1 aromatic carbocycles. The van der Waals surface area contributed by atoms with Crippen molar-refractivity contribution in [1.29, 1.82) is 0 Å². The summed E-state index contributed by atoms with van der Waals surface area (Å²) in [6, 6.07) is 10.7. The van der Waals surface area contributed by atoms with Gasteiger partial charge >= 0.3 is 6.09 Å². The molecule has 4 atom stereocenters. The fourth-order valence-corrected chi connectivity index (χ4v) is 5.53. The lowest BCUT2D eigenvalue weighted by Crippen LogP contribution is -2.75. The first-order valence-electron chi connectivity index (χ1n) is 12.2. The molecule has 0 bridgehead atoms. The van der Waals surface area contributed by atoms with Gasteiger partial charge in [-0.25, -0.2) is 32.8 Å². The third-order valence-electron chi connectivity index (χ3n) is 7.15. The fraction of sp³-hybridized carbons (Fsp3) is 0.333.